The van der Waals surface area contributed by atoms with Gasteiger partial charge in [0.2, 0.25) is 0 Å². The second kappa shape index (κ2) is 7.05. The van der Waals surface area contributed by atoms with E-state index in [1.54, 1.807) is 17.0 Å². The van der Waals surface area contributed by atoms with Gasteiger partial charge in [0.05, 0.1) is 6.42 Å². The summed E-state index contributed by atoms with van der Waals surface area (Å²) in [5, 5.41) is 8.73. The maximum atomic E-state index is 12.4. The molecule has 0 spiro atoms. The fourth-order valence-electron chi connectivity index (χ4n) is 1.65. The van der Waals surface area contributed by atoms with Gasteiger partial charge in [0, 0.05) is 27.1 Å². The molecule has 0 aliphatic heterocycles. The number of aliphatic carboxylic acids is 1. The van der Waals surface area contributed by atoms with E-state index in [2.05, 4.69) is 31.9 Å². The number of amides is 1. The second-order valence-electron chi connectivity index (χ2n) is 4.39. The number of benzene rings is 1. The van der Waals surface area contributed by atoms with E-state index in [0.717, 1.165) is 8.95 Å². The number of hydrogen-bond acceptors (Lipinski definition) is 2. The van der Waals surface area contributed by atoms with Crippen LogP contribution < -0.4 is 0 Å². The Hall–Kier alpha value is -0.880. The fraction of sp³-hybridized carbons (Fsp3) is 0.385. The van der Waals surface area contributed by atoms with Crippen molar-refractivity contribution in [1.82, 2.24) is 4.90 Å². The summed E-state index contributed by atoms with van der Waals surface area (Å²) in [4.78, 5) is 24.6. The molecule has 19 heavy (non-hydrogen) atoms. The van der Waals surface area contributed by atoms with E-state index in [-0.39, 0.29) is 24.9 Å². The summed E-state index contributed by atoms with van der Waals surface area (Å²) in [6.07, 6.45) is -0.0565. The highest BCUT2D eigenvalue weighted by atomic mass is 79.9. The highest BCUT2D eigenvalue weighted by molar-refractivity contribution is 9.11. The molecule has 0 radical (unpaired) electrons. The monoisotopic (exact) mass is 391 g/mol. The van der Waals surface area contributed by atoms with Gasteiger partial charge in [-0.1, -0.05) is 31.9 Å². The van der Waals surface area contributed by atoms with E-state index >= 15 is 0 Å². The van der Waals surface area contributed by atoms with Crippen LogP contribution in [0.15, 0.2) is 27.1 Å². The fourth-order valence-corrected chi connectivity index (χ4v) is 2.95. The number of halogens is 2. The van der Waals surface area contributed by atoms with Gasteiger partial charge in [-0.3, -0.25) is 9.59 Å². The Labute approximate surface area is 129 Å². The molecular formula is C13H15Br2NO3. The lowest BCUT2D eigenvalue weighted by atomic mass is 10.1. The number of carboxylic acids is 1. The smallest absolute Gasteiger partial charge is 0.305 e. The molecule has 0 aliphatic rings. The van der Waals surface area contributed by atoms with Crippen molar-refractivity contribution in [2.45, 2.75) is 26.3 Å². The van der Waals surface area contributed by atoms with E-state index in [9.17, 15) is 9.59 Å². The minimum absolute atomic E-state index is 0.0513. The Kier molecular flexibility index (Phi) is 6.00. The van der Waals surface area contributed by atoms with Crippen LogP contribution in [0.25, 0.3) is 0 Å². The first-order valence-corrected chi connectivity index (χ1v) is 7.38. The van der Waals surface area contributed by atoms with Crippen LogP contribution in [0.1, 0.15) is 30.6 Å². The zero-order valence-electron chi connectivity index (χ0n) is 10.7. The molecular weight excluding hydrogens is 378 g/mol. The van der Waals surface area contributed by atoms with Gasteiger partial charge in [0.25, 0.3) is 5.91 Å². The number of carboxylic acid groups (broad SMARTS) is 1. The minimum atomic E-state index is -0.908. The molecule has 6 heteroatoms. The summed E-state index contributed by atoms with van der Waals surface area (Å²) >= 11 is 6.67. The van der Waals surface area contributed by atoms with Gasteiger partial charge in [-0.05, 0) is 32.0 Å². The molecule has 1 N–H and O–H groups in total. The largest absolute Gasteiger partial charge is 0.481 e. The van der Waals surface area contributed by atoms with Gasteiger partial charge in [0.15, 0.2) is 0 Å². The van der Waals surface area contributed by atoms with Crippen molar-refractivity contribution >= 4 is 43.7 Å². The SMILES string of the molecule is CC(C)N(CCC(=O)O)C(=O)c1cc(Br)cc(Br)c1. The third-order valence-electron chi connectivity index (χ3n) is 2.56. The van der Waals surface area contributed by atoms with Gasteiger partial charge in [-0.2, -0.15) is 0 Å². The predicted octanol–water partition coefficient (Wildman–Crippen LogP) is 3.54. The molecule has 0 saturated carbocycles. The molecule has 1 aromatic rings. The van der Waals surface area contributed by atoms with Crippen molar-refractivity contribution in [3.8, 4) is 0 Å². The van der Waals surface area contributed by atoms with Crippen LogP contribution in [0.2, 0.25) is 0 Å². The van der Waals surface area contributed by atoms with Crippen LogP contribution in [0.5, 0.6) is 0 Å². The standard InChI is InChI=1S/C13H15Br2NO3/c1-8(2)16(4-3-12(17)18)13(19)9-5-10(14)7-11(15)6-9/h5-8H,3-4H2,1-2H3,(H,17,18). The quantitative estimate of drug-likeness (QED) is 0.833. The van der Waals surface area contributed by atoms with Crippen molar-refractivity contribution in [2.24, 2.45) is 0 Å². The summed E-state index contributed by atoms with van der Waals surface area (Å²) in [5.74, 6) is -1.08. The molecule has 1 amide bonds. The average Bonchev–Trinajstić information content (AvgIpc) is 2.26. The number of carbonyl (C=O) groups excluding carboxylic acids is 1. The first-order chi connectivity index (χ1) is 8.81. The third kappa shape index (κ3) is 4.95. The molecule has 104 valence electrons. The summed E-state index contributed by atoms with van der Waals surface area (Å²) in [5.41, 5.74) is 0.528. The lowest BCUT2D eigenvalue weighted by Crippen LogP contribution is -2.38. The Bertz CT molecular complexity index is 469. The van der Waals surface area contributed by atoms with Crippen LogP contribution in [-0.4, -0.2) is 34.5 Å². The molecule has 4 nitrogen and oxygen atoms in total. The zero-order chi connectivity index (χ0) is 14.6. The summed E-state index contributed by atoms with van der Waals surface area (Å²) in [6, 6.07) is 5.24. The van der Waals surface area contributed by atoms with Crippen molar-refractivity contribution in [1.29, 1.82) is 0 Å². The topological polar surface area (TPSA) is 57.6 Å². The van der Waals surface area contributed by atoms with Crippen LogP contribution in [-0.2, 0) is 4.79 Å². The average molecular weight is 393 g/mol. The number of hydrogen-bond donors (Lipinski definition) is 1. The van der Waals surface area contributed by atoms with Crippen LogP contribution in [0.3, 0.4) is 0 Å². The Balaban J connectivity index is 2.95. The van der Waals surface area contributed by atoms with Crippen molar-refractivity contribution in [2.75, 3.05) is 6.54 Å². The van der Waals surface area contributed by atoms with Crippen molar-refractivity contribution < 1.29 is 14.7 Å². The number of rotatable bonds is 5. The summed E-state index contributed by atoms with van der Waals surface area (Å²) in [7, 11) is 0. The van der Waals surface area contributed by atoms with Gasteiger partial charge in [-0.15, -0.1) is 0 Å². The molecule has 0 bridgehead atoms. The molecule has 0 atom stereocenters. The van der Waals surface area contributed by atoms with E-state index in [0.29, 0.717) is 5.56 Å². The number of nitrogens with zero attached hydrogens (tertiary/aromatic N) is 1. The molecule has 0 unspecified atom stereocenters. The van der Waals surface area contributed by atoms with E-state index in [1.165, 1.54) is 0 Å². The molecule has 0 saturated heterocycles. The molecule has 1 rings (SSSR count). The molecule has 0 aliphatic carbocycles. The molecule has 1 aromatic carbocycles. The van der Waals surface area contributed by atoms with Crippen molar-refractivity contribution in [3.63, 3.8) is 0 Å². The first-order valence-electron chi connectivity index (χ1n) is 5.80. The van der Waals surface area contributed by atoms with Crippen LogP contribution >= 0.6 is 31.9 Å². The predicted molar refractivity (Wildman–Crippen MR) is 80.3 cm³/mol. The lowest BCUT2D eigenvalue weighted by Gasteiger charge is -2.26. The van der Waals surface area contributed by atoms with Gasteiger partial charge < -0.3 is 10.0 Å². The zero-order valence-corrected chi connectivity index (χ0v) is 13.9. The lowest BCUT2D eigenvalue weighted by molar-refractivity contribution is -0.137. The second-order valence-corrected chi connectivity index (χ2v) is 6.23. The summed E-state index contributed by atoms with van der Waals surface area (Å²) < 4.78 is 1.60. The van der Waals surface area contributed by atoms with E-state index in [4.69, 9.17) is 5.11 Å². The van der Waals surface area contributed by atoms with E-state index < -0.39 is 5.97 Å². The Morgan fingerprint density at radius 3 is 2.16 bits per heavy atom. The summed E-state index contributed by atoms with van der Waals surface area (Å²) in [6.45, 7) is 3.94. The maximum Gasteiger partial charge on any atom is 0.305 e. The third-order valence-corrected chi connectivity index (χ3v) is 3.48. The highest BCUT2D eigenvalue weighted by Gasteiger charge is 2.20. The normalized spacial score (nSPS) is 10.6. The first kappa shape index (κ1) is 16.2. The Morgan fingerprint density at radius 1 is 1.21 bits per heavy atom. The van der Waals surface area contributed by atoms with Gasteiger partial charge in [0.1, 0.15) is 0 Å². The van der Waals surface area contributed by atoms with E-state index in [1.807, 2.05) is 19.9 Å². The molecule has 0 fully saturated rings. The maximum absolute atomic E-state index is 12.4. The Morgan fingerprint density at radius 2 is 1.74 bits per heavy atom. The minimum Gasteiger partial charge on any atom is -0.481 e. The van der Waals surface area contributed by atoms with Crippen molar-refractivity contribution in [3.05, 3.63) is 32.7 Å². The number of carbonyl (C=O) groups is 2. The molecule has 0 aromatic heterocycles. The van der Waals surface area contributed by atoms with Gasteiger partial charge >= 0.3 is 5.97 Å². The molecule has 0 heterocycles. The van der Waals surface area contributed by atoms with Crippen LogP contribution in [0, 0.1) is 0 Å². The highest BCUT2D eigenvalue weighted by Crippen LogP contribution is 2.21. The van der Waals surface area contributed by atoms with Gasteiger partial charge in [-0.25, -0.2) is 0 Å². The van der Waals surface area contributed by atoms with Crippen LogP contribution in [0.4, 0.5) is 0 Å².